The quantitative estimate of drug-likeness (QED) is 0.303. The summed E-state index contributed by atoms with van der Waals surface area (Å²) in [5.41, 5.74) is -0.860. The number of Topliss-reactive ketones (excluding diaryl/α,β-unsaturated/α-hetero) is 2. The van der Waals surface area contributed by atoms with Crippen molar-refractivity contribution in [3.8, 4) is 0 Å². The highest BCUT2D eigenvalue weighted by Gasteiger charge is 2.43. The van der Waals surface area contributed by atoms with Gasteiger partial charge in [-0.25, -0.2) is 0 Å². The molecule has 0 aliphatic rings. The van der Waals surface area contributed by atoms with E-state index in [1.165, 1.54) is 0 Å². The molecule has 0 saturated carbocycles. The van der Waals surface area contributed by atoms with Crippen LogP contribution in [0.25, 0.3) is 0 Å². The monoisotopic (exact) mass is 424 g/mol. The van der Waals surface area contributed by atoms with Crippen LogP contribution in [-0.4, -0.2) is 58.6 Å². The van der Waals surface area contributed by atoms with E-state index in [1.54, 1.807) is 0 Å². The van der Waals surface area contributed by atoms with E-state index in [4.69, 9.17) is 0 Å². The summed E-state index contributed by atoms with van der Waals surface area (Å²) in [6, 6.07) is 0.630. The molecule has 0 rings (SSSR count). The van der Waals surface area contributed by atoms with Crippen LogP contribution in [0.1, 0.15) is 108 Å². The van der Waals surface area contributed by atoms with Crippen molar-refractivity contribution in [1.82, 2.24) is 9.80 Å². The van der Waals surface area contributed by atoms with E-state index >= 15 is 0 Å². The van der Waals surface area contributed by atoms with Crippen molar-refractivity contribution in [1.29, 1.82) is 0 Å². The third-order valence-electron chi connectivity index (χ3n) is 7.21. The second-order valence-electron chi connectivity index (χ2n) is 10.7. The normalized spacial score (nSPS) is 16.7. The molecule has 4 nitrogen and oxygen atoms in total. The highest BCUT2D eigenvalue weighted by Crippen LogP contribution is 2.34. The van der Waals surface area contributed by atoms with Gasteiger partial charge in [0.2, 0.25) is 0 Å². The Kier molecular flexibility index (Phi) is 12.0. The Bertz CT molecular complexity index is 541. The molecule has 0 amide bonds. The zero-order valence-electron chi connectivity index (χ0n) is 22.3. The van der Waals surface area contributed by atoms with Crippen molar-refractivity contribution < 1.29 is 9.59 Å². The lowest BCUT2D eigenvalue weighted by Crippen LogP contribution is -2.57. The second-order valence-corrected chi connectivity index (χ2v) is 10.7. The molecule has 0 bridgehead atoms. The van der Waals surface area contributed by atoms with Gasteiger partial charge >= 0.3 is 0 Å². The molecule has 0 aliphatic heterocycles. The minimum absolute atomic E-state index is 0.0185. The average molecular weight is 425 g/mol. The number of ketones is 2. The molecule has 0 heterocycles. The van der Waals surface area contributed by atoms with Crippen LogP contribution in [0, 0.1) is 11.8 Å². The minimum atomic E-state index is -0.457. The summed E-state index contributed by atoms with van der Waals surface area (Å²) in [5, 5.41) is 0. The van der Waals surface area contributed by atoms with Crippen molar-refractivity contribution in [2.45, 2.75) is 131 Å². The predicted molar refractivity (Wildman–Crippen MR) is 130 cm³/mol. The van der Waals surface area contributed by atoms with Crippen LogP contribution in [0.4, 0.5) is 0 Å². The number of hydrogen-bond donors (Lipinski definition) is 0. The first-order valence-corrected chi connectivity index (χ1v) is 12.2. The van der Waals surface area contributed by atoms with Gasteiger partial charge in [-0.3, -0.25) is 19.4 Å². The summed E-state index contributed by atoms with van der Waals surface area (Å²) in [6.07, 6.45) is 5.51. The molecule has 30 heavy (non-hydrogen) atoms. The average Bonchev–Trinajstić information content (AvgIpc) is 2.67. The molecule has 0 spiro atoms. The lowest BCUT2D eigenvalue weighted by atomic mass is 9.76. The summed E-state index contributed by atoms with van der Waals surface area (Å²) < 4.78 is 0. The Morgan fingerprint density at radius 2 is 1.13 bits per heavy atom. The zero-order chi connectivity index (χ0) is 23.9. The van der Waals surface area contributed by atoms with Gasteiger partial charge < -0.3 is 0 Å². The van der Waals surface area contributed by atoms with Gasteiger partial charge in [-0.05, 0) is 68.0 Å². The van der Waals surface area contributed by atoms with E-state index in [0.717, 1.165) is 38.5 Å². The minimum Gasteiger partial charge on any atom is -0.297 e. The standard InChI is InChI=1S/C26H52N2O2/c1-13-16-26(24(30)20(4)5,28(12)22(8)9)18-15-14-17-25(10,23(29)19(2)3)27(11)21(6)7/h19-22H,13-18H2,1-12H3. The van der Waals surface area contributed by atoms with Crippen LogP contribution >= 0.6 is 0 Å². The van der Waals surface area contributed by atoms with Gasteiger partial charge in [0.15, 0.2) is 11.6 Å². The fraction of sp³-hybridized carbons (Fsp3) is 0.923. The summed E-state index contributed by atoms with van der Waals surface area (Å²) in [4.78, 5) is 31.0. The highest BCUT2D eigenvalue weighted by molar-refractivity contribution is 5.90. The van der Waals surface area contributed by atoms with Crippen LogP contribution in [0.2, 0.25) is 0 Å². The Morgan fingerprint density at radius 3 is 1.50 bits per heavy atom. The molecule has 0 fully saturated rings. The maximum Gasteiger partial charge on any atom is 0.155 e. The van der Waals surface area contributed by atoms with Crippen molar-refractivity contribution >= 4 is 11.6 Å². The Labute approximate surface area is 188 Å². The lowest BCUT2D eigenvalue weighted by molar-refractivity contribution is -0.137. The molecule has 0 N–H and O–H groups in total. The fourth-order valence-electron chi connectivity index (χ4n) is 4.89. The van der Waals surface area contributed by atoms with Crippen LogP contribution in [0.3, 0.4) is 0 Å². The van der Waals surface area contributed by atoms with Crippen molar-refractivity contribution in [2.75, 3.05) is 14.1 Å². The number of unbranched alkanes of at least 4 members (excludes halogenated alkanes) is 1. The van der Waals surface area contributed by atoms with E-state index in [1.807, 2.05) is 27.7 Å². The van der Waals surface area contributed by atoms with Crippen molar-refractivity contribution in [3.63, 3.8) is 0 Å². The first-order valence-electron chi connectivity index (χ1n) is 12.2. The summed E-state index contributed by atoms with van der Waals surface area (Å²) in [6.45, 7) is 21.0. The van der Waals surface area contributed by atoms with Crippen LogP contribution < -0.4 is 0 Å². The summed E-state index contributed by atoms with van der Waals surface area (Å²) in [5.74, 6) is 0.722. The molecule has 0 radical (unpaired) electrons. The maximum absolute atomic E-state index is 13.4. The number of nitrogens with zero attached hydrogens (tertiary/aromatic N) is 2. The predicted octanol–water partition coefficient (Wildman–Crippen LogP) is 5.98. The SMILES string of the molecule is CCCC(CCCCC(C)(C(=O)C(C)C)N(C)C(C)C)(C(=O)C(C)C)N(C)C(C)C. The molecular formula is C26H52N2O2. The Morgan fingerprint density at radius 1 is 0.700 bits per heavy atom. The Balaban J connectivity index is 5.59. The van der Waals surface area contributed by atoms with Crippen molar-refractivity contribution in [2.24, 2.45) is 11.8 Å². The maximum atomic E-state index is 13.4. The molecule has 0 aliphatic carbocycles. The van der Waals surface area contributed by atoms with Gasteiger partial charge in [-0.15, -0.1) is 0 Å². The van der Waals surface area contributed by atoms with Gasteiger partial charge in [-0.2, -0.15) is 0 Å². The lowest BCUT2D eigenvalue weighted by Gasteiger charge is -2.45. The topological polar surface area (TPSA) is 40.6 Å². The van der Waals surface area contributed by atoms with Crippen LogP contribution in [0.5, 0.6) is 0 Å². The molecule has 2 atom stereocenters. The smallest absolute Gasteiger partial charge is 0.155 e. The van der Waals surface area contributed by atoms with Gasteiger partial charge in [0, 0.05) is 23.9 Å². The van der Waals surface area contributed by atoms with E-state index in [2.05, 4.69) is 65.4 Å². The van der Waals surface area contributed by atoms with E-state index < -0.39 is 11.1 Å². The van der Waals surface area contributed by atoms with Gasteiger partial charge in [0.25, 0.3) is 0 Å². The Hall–Kier alpha value is -0.740. The highest BCUT2D eigenvalue weighted by atomic mass is 16.1. The first kappa shape index (κ1) is 29.3. The second kappa shape index (κ2) is 12.3. The van der Waals surface area contributed by atoms with Gasteiger partial charge in [0.1, 0.15) is 0 Å². The molecule has 4 heteroatoms. The largest absolute Gasteiger partial charge is 0.297 e. The molecule has 2 unspecified atom stereocenters. The van der Waals surface area contributed by atoms with Crippen LogP contribution in [0.15, 0.2) is 0 Å². The number of carbonyl (C=O) groups excluding carboxylic acids is 2. The molecular weight excluding hydrogens is 372 g/mol. The van der Waals surface area contributed by atoms with Crippen LogP contribution in [-0.2, 0) is 9.59 Å². The molecule has 0 aromatic carbocycles. The molecule has 0 aromatic rings. The third kappa shape index (κ3) is 6.88. The van der Waals surface area contributed by atoms with Crippen molar-refractivity contribution in [3.05, 3.63) is 0 Å². The zero-order valence-corrected chi connectivity index (χ0v) is 22.3. The van der Waals surface area contributed by atoms with E-state index in [9.17, 15) is 9.59 Å². The number of likely N-dealkylation sites (N-methyl/N-ethyl adjacent to an activating group) is 2. The molecule has 178 valence electrons. The third-order valence-corrected chi connectivity index (χ3v) is 7.21. The fourth-order valence-corrected chi connectivity index (χ4v) is 4.89. The first-order chi connectivity index (χ1) is 13.7. The summed E-state index contributed by atoms with van der Waals surface area (Å²) in [7, 11) is 4.18. The summed E-state index contributed by atoms with van der Waals surface area (Å²) >= 11 is 0. The van der Waals surface area contributed by atoms with E-state index in [-0.39, 0.29) is 11.8 Å². The van der Waals surface area contributed by atoms with Gasteiger partial charge in [0.05, 0.1) is 11.1 Å². The number of carbonyl (C=O) groups is 2. The molecule has 0 aromatic heterocycles. The molecule has 0 saturated heterocycles. The number of rotatable bonds is 15. The number of hydrogen-bond acceptors (Lipinski definition) is 4. The van der Waals surface area contributed by atoms with E-state index in [0.29, 0.717) is 23.7 Å². The van der Waals surface area contributed by atoms with Gasteiger partial charge in [-0.1, -0.05) is 53.9 Å².